The Morgan fingerprint density at radius 2 is 1.89 bits per heavy atom. The van der Waals surface area contributed by atoms with Crippen LogP contribution in [0, 0.1) is 11.6 Å². The maximum atomic E-state index is 13.0. The van der Waals surface area contributed by atoms with Crippen molar-refractivity contribution in [2.24, 2.45) is 0 Å². The highest BCUT2D eigenvalue weighted by Crippen LogP contribution is 2.16. The Hall–Kier alpha value is -2.50. The summed E-state index contributed by atoms with van der Waals surface area (Å²) < 4.78 is 25.9. The first-order chi connectivity index (χ1) is 8.54. The fourth-order valence-corrected chi connectivity index (χ4v) is 1.42. The van der Waals surface area contributed by atoms with Crippen molar-refractivity contribution in [2.75, 3.05) is 11.1 Å². The largest absolute Gasteiger partial charge is 0.399 e. The van der Waals surface area contributed by atoms with Gasteiger partial charge in [-0.2, -0.15) is 0 Å². The van der Waals surface area contributed by atoms with Gasteiger partial charge in [0.05, 0.1) is 11.8 Å². The van der Waals surface area contributed by atoms with Gasteiger partial charge in [0.1, 0.15) is 11.6 Å². The number of nitrogens with zero attached hydrogens (tertiary/aromatic N) is 1. The molecule has 2 rings (SSSR count). The van der Waals surface area contributed by atoms with Crippen molar-refractivity contribution >= 4 is 17.3 Å². The van der Waals surface area contributed by atoms with Crippen molar-refractivity contribution in [1.29, 1.82) is 0 Å². The topological polar surface area (TPSA) is 68.0 Å². The number of carbonyl (C=O) groups excluding carboxylic acids is 1. The summed E-state index contributed by atoms with van der Waals surface area (Å²) in [4.78, 5) is 15.3. The number of nitrogen functional groups attached to an aromatic ring is 1. The summed E-state index contributed by atoms with van der Waals surface area (Å²) in [7, 11) is 0. The van der Waals surface area contributed by atoms with E-state index in [0.29, 0.717) is 0 Å². The summed E-state index contributed by atoms with van der Waals surface area (Å²) >= 11 is 0. The van der Waals surface area contributed by atoms with Crippen LogP contribution in [0.5, 0.6) is 0 Å². The van der Waals surface area contributed by atoms with E-state index in [4.69, 9.17) is 5.73 Å². The number of hydrogen-bond donors (Lipinski definition) is 2. The lowest BCUT2D eigenvalue weighted by Gasteiger charge is -2.06. The molecule has 1 aromatic heterocycles. The number of aromatic nitrogens is 1. The standard InChI is InChI=1S/C12H9F2N3O/c13-8-2-10(15)4-11(3-8)17-12(18)7-1-9(14)6-16-5-7/h1-6H,15H2,(H,17,18). The molecule has 3 N–H and O–H groups in total. The first-order valence-corrected chi connectivity index (χ1v) is 5.02. The summed E-state index contributed by atoms with van der Waals surface area (Å²) in [6.07, 6.45) is 2.19. The lowest BCUT2D eigenvalue weighted by molar-refractivity contribution is 0.102. The molecule has 0 aliphatic rings. The highest BCUT2D eigenvalue weighted by molar-refractivity contribution is 6.04. The molecule has 0 fully saturated rings. The van der Waals surface area contributed by atoms with Gasteiger partial charge >= 0.3 is 0 Å². The summed E-state index contributed by atoms with van der Waals surface area (Å²) in [6, 6.07) is 4.67. The van der Waals surface area contributed by atoms with Gasteiger partial charge in [-0.3, -0.25) is 9.78 Å². The van der Waals surface area contributed by atoms with E-state index in [1.807, 2.05) is 0 Å². The smallest absolute Gasteiger partial charge is 0.257 e. The molecule has 1 amide bonds. The molecule has 0 bridgehead atoms. The zero-order chi connectivity index (χ0) is 13.1. The second kappa shape index (κ2) is 4.79. The Morgan fingerprint density at radius 1 is 1.11 bits per heavy atom. The van der Waals surface area contributed by atoms with Crippen molar-refractivity contribution in [1.82, 2.24) is 4.98 Å². The maximum absolute atomic E-state index is 13.0. The highest BCUT2D eigenvalue weighted by atomic mass is 19.1. The molecular formula is C12H9F2N3O. The molecule has 6 heteroatoms. The third-order valence-corrected chi connectivity index (χ3v) is 2.15. The van der Waals surface area contributed by atoms with E-state index in [1.54, 1.807) is 0 Å². The predicted octanol–water partition coefficient (Wildman–Crippen LogP) is 2.19. The lowest BCUT2D eigenvalue weighted by Crippen LogP contribution is -2.12. The van der Waals surface area contributed by atoms with E-state index in [2.05, 4.69) is 10.3 Å². The van der Waals surface area contributed by atoms with E-state index in [9.17, 15) is 13.6 Å². The van der Waals surface area contributed by atoms with Crippen molar-refractivity contribution in [3.63, 3.8) is 0 Å². The van der Waals surface area contributed by atoms with Crippen LogP contribution in [0.3, 0.4) is 0 Å². The number of carbonyl (C=O) groups is 1. The number of nitrogens with two attached hydrogens (primary N) is 1. The molecule has 1 aromatic carbocycles. The molecule has 0 atom stereocenters. The molecule has 0 aliphatic heterocycles. The van der Waals surface area contributed by atoms with E-state index in [-0.39, 0.29) is 16.9 Å². The van der Waals surface area contributed by atoms with Crippen LogP contribution in [0.1, 0.15) is 10.4 Å². The third kappa shape index (κ3) is 2.79. The van der Waals surface area contributed by atoms with Crippen LogP contribution in [0.15, 0.2) is 36.7 Å². The Morgan fingerprint density at radius 3 is 2.56 bits per heavy atom. The van der Waals surface area contributed by atoms with Crippen LogP contribution in [0.4, 0.5) is 20.2 Å². The minimum atomic E-state index is -0.624. The minimum absolute atomic E-state index is 0.0397. The molecule has 1 heterocycles. The molecule has 0 unspecified atom stereocenters. The van der Waals surface area contributed by atoms with Crippen LogP contribution in [0.25, 0.3) is 0 Å². The lowest BCUT2D eigenvalue weighted by atomic mass is 10.2. The zero-order valence-corrected chi connectivity index (χ0v) is 9.15. The SMILES string of the molecule is Nc1cc(F)cc(NC(=O)c2cncc(F)c2)c1. The summed E-state index contributed by atoms with van der Waals surface area (Å²) in [5.41, 5.74) is 5.85. The molecule has 2 aromatic rings. The van der Waals surface area contributed by atoms with Gasteiger partial charge in [0.25, 0.3) is 5.91 Å². The van der Waals surface area contributed by atoms with E-state index < -0.39 is 17.5 Å². The van der Waals surface area contributed by atoms with Gasteiger partial charge in [0.2, 0.25) is 0 Å². The summed E-state index contributed by atoms with van der Waals surface area (Å²) in [6.45, 7) is 0. The number of amides is 1. The van der Waals surface area contributed by atoms with Crippen LogP contribution in [0.2, 0.25) is 0 Å². The fraction of sp³-hybridized carbons (Fsp3) is 0. The number of nitrogens with one attached hydrogen (secondary N) is 1. The van der Waals surface area contributed by atoms with Crippen molar-refractivity contribution < 1.29 is 13.6 Å². The van der Waals surface area contributed by atoms with Gasteiger partial charge in [-0.05, 0) is 24.3 Å². The van der Waals surface area contributed by atoms with E-state index >= 15 is 0 Å². The monoisotopic (exact) mass is 249 g/mol. The van der Waals surface area contributed by atoms with Gasteiger partial charge in [0, 0.05) is 17.6 Å². The minimum Gasteiger partial charge on any atom is -0.399 e. The second-order valence-corrected chi connectivity index (χ2v) is 3.62. The number of anilines is 2. The molecule has 0 aliphatic carbocycles. The van der Waals surface area contributed by atoms with Gasteiger partial charge in [-0.1, -0.05) is 0 Å². The number of hydrogen-bond acceptors (Lipinski definition) is 3. The summed E-state index contributed by atoms with van der Waals surface area (Å²) in [5.74, 6) is -1.78. The van der Waals surface area contributed by atoms with E-state index in [0.717, 1.165) is 24.4 Å². The zero-order valence-electron chi connectivity index (χ0n) is 9.15. The molecule has 0 saturated heterocycles. The van der Waals surface area contributed by atoms with Gasteiger partial charge in [-0.15, -0.1) is 0 Å². The third-order valence-electron chi connectivity index (χ3n) is 2.15. The Bertz CT molecular complexity index is 581. The molecule has 0 spiro atoms. The molecular weight excluding hydrogens is 240 g/mol. The molecule has 0 saturated carbocycles. The van der Waals surface area contributed by atoms with Crippen molar-refractivity contribution in [3.8, 4) is 0 Å². The average molecular weight is 249 g/mol. The van der Waals surface area contributed by atoms with Crippen molar-refractivity contribution in [2.45, 2.75) is 0 Å². The first kappa shape index (κ1) is 12.0. The van der Waals surface area contributed by atoms with Crippen LogP contribution in [-0.4, -0.2) is 10.9 Å². The van der Waals surface area contributed by atoms with Gasteiger partial charge < -0.3 is 11.1 Å². The number of benzene rings is 1. The molecule has 92 valence electrons. The Balaban J connectivity index is 2.21. The second-order valence-electron chi connectivity index (χ2n) is 3.62. The maximum Gasteiger partial charge on any atom is 0.257 e. The number of pyridine rings is 1. The van der Waals surface area contributed by atoms with Gasteiger partial charge in [-0.25, -0.2) is 8.78 Å². The molecule has 4 nitrogen and oxygen atoms in total. The highest BCUT2D eigenvalue weighted by Gasteiger charge is 2.08. The average Bonchev–Trinajstić information content (AvgIpc) is 2.27. The first-order valence-electron chi connectivity index (χ1n) is 5.02. The van der Waals surface area contributed by atoms with Crippen LogP contribution >= 0.6 is 0 Å². The van der Waals surface area contributed by atoms with Crippen LogP contribution < -0.4 is 11.1 Å². The Labute approximate surface area is 101 Å². The normalized spacial score (nSPS) is 10.1. The molecule has 18 heavy (non-hydrogen) atoms. The van der Waals surface area contributed by atoms with Crippen LogP contribution in [-0.2, 0) is 0 Å². The fourth-order valence-electron chi connectivity index (χ4n) is 1.42. The Kier molecular flexibility index (Phi) is 3.18. The van der Waals surface area contributed by atoms with Gasteiger partial charge in [0.15, 0.2) is 0 Å². The quantitative estimate of drug-likeness (QED) is 0.801. The van der Waals surface area contributed by atoms with E-state index in [1.165, 1.54) is 12.3 Å². The number of halogens is 2. The summed E-state index contributed by atoms with van der Waals surface area (Å²) in [5, 5.41) is 2.40. The predicted molar refractivity (Wildman–Crippen MR) is 63.0 cm³/mol. The number of rotatable bonds is 2. The van der Waals surface area contributed by atoms with Crippen molar-refractivity contribution in [3.05, 3.63) is 53.9 Å². The molecule has 0 radical (unpaired) electrons.